The van der Waals surface area contributed by atoms with E-state index >= 15 is 0 Å². The predicted octanol–water partition coefficient (Wildman–Crippen LogP) is 0.883. The Hall–Kier alpha value is -1.79. The quantitative estimate of drug-likeness (QED) is 0.622. The Bertz CT molecular complexity index is 444. The smallest absolute Gasteiger partial charge is 0.340 e. The molecule has 0 amide bonds. The Morgan fingerprint density at radius 2 is 2.37 bits per heavy atom. The molecule has 0 spiro atoms. The number of nitrogen functional groups attached to an aromatic ring is 1. The second-order valence-corrected chi connectivity index (χ2v) is 4.21. The van der Waals surface area contributed by atoms with E-state index in [-0.39, 0.29) is 6.10 Å². The molecule has 1 aromatic carbocycles. The predicted molar refractivity (Wildman–Crippen MR) is 71.2 cm³/mol. The number of benzene rings is 1. The van der Waals surface area contributed by atoms with Gasteiger partial charge in [-0.15, -0.1) is 0 Å². The first-order valence-electron chi connectivity index (χ1n) is 6.12. The third-order valence-electron chi connectivity index (χ3n) is 2.92. The summed E-state index contributed by atoms with van der Waals surface area (Å²) in [6.45, 7) is 2.37. The van der Waals surface area contributed by atoms with Gasteiger partial charge in [-0.05, 0) is 12.1 Å². The highest BCUT2D eigenvalue weighted by Gasteiger charge is 2.16. The van der Waals surface area contributed by atoms with Crippen molar-refractivity contribution in [3.05, 3.63) is 23.8 Å². The van der Waals surface area contributed by atoms with Crippen molar-refractivity contribution in [1.29, 1.82) is 0 Å². The number of esters is 1. The molecule has 0 radical (unpaired) electrons. The molecule has 0 saturated carbocycles. The van der Waals surface area contributed by atoms with Gasteiger partial charge < -0.3 is 25.3 Å². The third-order valence-corrected chi connectivity index (χ3v) is 2.92. The van der Waals surface area contributed by atoms with Gasteiger partial charge in [0, 0.05) is 6.54 Å². The zero-order valence-corrected chi connectivity index (χ0v) is 10.8. The minimum absolute atomic E-state index is 0.00469. The second kappa shape index (κ2) is 6.40. The number of para-hydroxylation sites is 1. The second-order valence-electron chi connectivity index (χ2n) is 4.21. The molecule has 3 N–H and O–H groups in total. The molecular formula is C13H18N2O4. The van der Waals surface area contributed by atoms with Crippen molar-refractivity contribution in [3.8, 4) is 0 Å². The van der Waals surface area contributed by atoms with E-state index in [9.17, 15) is 4.79 Å². The molecule has 1 saturated heterocycles. The molecule has 1 heterocycles. The number of anilines is 2. The first-order chi connectivity index (χ1) is 9.22. The molecule has 0 bridgehead atoms. The molecule has 2 rings (SSSR count). The highest BCUT2D eigenvalue weighted by atomic mass is 16.6. The highest BCUT2D eigenvalue weighted by Crippen LogP contribution is 2.23. The SMILES string of the molecule is COC(=O)c1cccc(NCC2COCCO2)c1N. The van der Waals surface area contributed by atoms with E-state index in [2.05, 4.69) is 10.1 Å². The fourth-order valence-electron chi connectivity index (χ4n) is 1.89. The first-order valence-corrected chi connectivity index (χ1v) is 6.12. The molecule has 1 unspecified atom stereocenters. The number of nitrogens with one attached hydrogen (secondary N) is 1. The molecule has 1 aliphatic rings. The van der Waals surface area contributed by atoms with Gasteiger partial charge in [-0.1, -0.05) is 6.07 Å². The third kappa shape index (κ3) is 3.36. The molecule has 0 aromatic heterocycles. The molecule has 1 aromatic rings. The van der Waals surface area contributed by atoms with Crippen molar-refractivity contribution in [2.24, 2.45) is 0 Å². The molecule has 1 atom stereocenters. The maximum Gasteiger partial charge on any atom is 0.340 e. The first kappa shape index (κ1) is 13.6. The molecule has 19 heavy (non-hydrogen) atoms. The van der Waals surface area contributed by atoms with Crippen molar-refractivity contribution in [1.82, 2.24) is 0 Å². The zero-order chi connectivity index (χ0) is 13.7. The normalized spacial score (nSPS) is 18.9. The largest absolute Gasteiger partial charge is 0.465 e. The van der Waals surface area contributed by atoms with Crippen molar-refractivity contribution in [3.63, 3.8) is 0 Å². The average Bonchev–Trinajstić information content (AvgIpc) is 2.46. The number of methoxy groups -OCH3 is 1. The maximum atomic E-state index is 11.5. The monoisotopic (exact) mass is 266 g/mol. The van der Waals surface area contributed by atoms with Gasteiger partial charge >= 0.3 is 5.97 Å². The van der Waals surface area contributed by atoms with Gasteiger partial charge in [-0.2, -0.15) is 0 Å². The van der Waals surface area contributed by atoms with Crippen molar-refractivity contribution in [2.45, 2.75) is 6.10 Å². The van der Waals surface area contributed by atoms with E-state index in [1.54, 1.807) is 12.1 Å². The molecule has 6 heteroatoms. The lowest BCUT2D eigenvalue weighted by Crippen LogP contribution is -2.34. The Balaban J connectivity index is 2.01. The fourth-order valence-corrected chi connectivity index (χ4v) is 1.89. The van der Waals surface area contributed by atoms with Crippen LogP contribution >= 0.6 is 0 Å². The van der Waals surface area contributed by atoms with E-state index < -0.39 is 5.97 Å². The summed E-state index contributed by atoms with van der Waals surface area (Å²) < 4.78 is 15.5. The topological polar surface area (TPSA) is 82.8 Å². The van der Waals surface area contributed by atoms with Crippen LogP contribution in [-0.4, -0.2) is 45.5 Å². The lowest BCUT2D eigenvalue weighted by molar-refractivity contribution is -0.0818. The maximum absolute atomic E-state index is 11.5. The molecular weight excluding hydrogens is 248 g/mol. The number of carbonyl (C=O) groups excluding carboxylic acids is 1. The lowest BCUT2D eigenvalue weighted by Gasteiger charge is -2.24. The number of ether oxygens (including phenoxy) is 3. The van der Waals surface area contributed by atoms with Crippen molar-refractivity contribution >= 4 is 17.3 Å². The summed E-state index contributed by atoms with van der Waals surface area (Å²) in [4.78, 5) is 11.5. The Morgan fingerprint density at radius 3 is 3.05 bits per heavy atom. The van der Waals surface area contributed by atoms with E-state index in [4.69, 9.17) is 15.2 Å². The van der Waals surface area contributed by atoms with Crippen LogP contribution in [0.3, 0.4) is 0 Å². The minimum Gasteiger partial charge on any atom is -0.465 e. The summed E-state index contributed by atoms with van der Waals surface area (Å²) in [6.07, 6.45) is -0.00469. The van der Waals surface area contributed by atoms with Crippen LogP contribution in [-0.2, 0) is 14.2 Å². The Labute approximate surface area is 111 Å². The number of nitrogens with two attached hydrogens (primary N) is 1. The van der Waals surface area contributed by atoms with Gasteiger partial charge in [0.2, 0.25) is 0 Å². The number of hydrogen-bond donors (Lipinski definition) is 2. The molecule has 1 fully saturated rings. The van der Waals surface area contributed by atoms with Gasteiger partial charge in [-0.3, -0.25) is 0 Å². The van der Waals surface area contributed by atoms with Gasteiger partial charge in [-0.25, -0.2) is 4.79 Å². The molecule has 0 aliphatic carbocycles. The van der Waals surface area contributed by atoms with Crippen LogP contribution in [0.25, 0.3) is 0 Å². The van der Waals surface area contributed by atoms with Gasteiger partial charge in [0.1, 0.15) is 0 Å². The molecule has 6 nitrogen and oxygen atoms in total. The Morgan fingerprint density at radius 1 is 1.53 bits per heavy atom. The van der Waals surface area contributed by atoms with Crippen LogP contribution in [0, 0.1) is 0 Å². The van der Waals surface area contributed by atoms with Crippen LogP contribution in [0.1, 0.15) is 10.4 Å². The minimum atomic E-state index is -0.446. The molecule has 1 aliphatic heterocycles. The highest BCUT2D eigenvalue weighted by molar-refractivity contribution is 5.98. The summed E-state index contributed by atoms with van der Waals surface area (Å²) in [6, 6.07) is 5.20. The lowest BCUT2D eigenvalue weighted by atomic mass is 10.1. The van der Waals surface area contributed by atoms with E-state index in [0.29, 0.717) is 43.3 Å². The van der Waals surface area contributed by atoms with E-state index in [1.165, 1.54) is 7.11 Å². The Kier molecular flexibility index (Phi) is 4.59. The average molecular weight is 266 g/mol. The number of rotatable bonds is 4. The molecule has 104 valence electrons. The summed E-state index contributed by atoms with van der Waals surface area (Å²) in [5, 5.41) is 3.16. The van der Waals surface area contributed by atoms with Gasteiger partial charge in [0.15, 0.2) is 0 Å². The summed E-state index contributed by atoms with van der Waals surface area (Å²) in [7, 11) is 1.33. The van der Waals surface area contributed by atoms with Crippen LogP contribution < -0.4 is 11.1 Å². The van der Waals surface area contributed by atoms with E-state index in [1.807, 2.05) is 6.07 Å². The summed E-state index contributed by atoms with van der Waals surface area (Å²) in [5.74, 6) is -0.446. The van der Waals surface area contributed by atoms with Gasteiger partial charge in [0.25, 0.3) is 0 Å². The number of hydrogen-bond acceptors (Lipinski definition) is 6. The van der Waals surface area contributed by atoms with Crippen LogP contribution in [0.2, 0.25) is 0 Å². The van der Waals surface area contributed by atoms with Crippen molar-refractivity contribution < 1.29 is 19.0 Å². The fraction of sp³-hybridized carbons (Fsp3) is 0.462. The summed E-state index contributed by atoms with van der Waals surface area (Å²) >= 11 is 0. The zero-order valence-electron chi connectivity index (χ0n) is 10.8. The van der Waals surface area contributed by atoms with E-state index in [0.717, 1.165) is 0 Å². The van der Waals surface area contributed by atoms with Gasteiger partial charge in [0.05, 0.1) is 50.0 Å². The summed E-state index contributed by atoms with van der Waals surface area (Å²) in [5.41, 5.74) is 7.37. The van der Waals surface area contributed by atoms with Crippen LogP contribution in [0.5, 0.6) is 0 Å². The van der Waals surface area contributed by atoms with Crippen LogP contribution in [0.15, 0.2) is 18.2 Å². The van der Waals surface area contributed by atoms with Crippen molar-refractivity contribution in [2.75, 3.05) is 44.5 Å². The van der Waals surface area contributed by atoms with Crippen LogP contribution in [0.4, 0.5) is 11.4 Å². The number of carbonyl (C=O) groups is 1. The standard InChI is InChI=1S/C13H18N2O4/c1-17-13(16)10-3-2-4-11(12(10)14)15-7-9-8-18-5-6-19-9/h2-4,9,15H,5-8,14H2,1H3.